The van der Waals surface area contributed by atoms with Crippen molar-refractivity contribution in [3.05, 3.63) is 58.9 Å². The van der Waals surface area contributed by atoms with E-state index >= 15 is 0 Å². The van der Waals surface area contributed by atoms with Crippen molar-refractivity contribution in [2.45, 2.75) is 25.8 Å². The van der Waals surface area contributed by atoms with Gasteiger partial charge in [-0.15, -0.1) is 11.3 Å². The Balaban J connectivity index is 1.58. The second-order valence-corrected chi connectivity index (χ2v) is 7.31. The van der Waals surface area contributed by atoms with Gasteiger partial charge in [-0.25, -0.2) is 0 Å². The number of carbonyl (C=O) groups excluding carboxylic acids is 1. The van der Waals surface area contributed by atoms with E-state index in [1.807, 2.05) is 29.3 Å². The summed E-state index contributed by atoms with van der Waals surface area (Å²) in [5, 5.41) is 7.24. The molecule has 0 saturated carbocycles. The molecular formula is C18H18N4OS. The molecule has 122 valence electrons. The van der Waals surface area contributed by atoms with E-state index in [1.54, 1.807) is 17.5 Å². The van der Waals surface area contributed by atoms with E-state index in [-0.39, 0.29) is 11.9 Å². The van der Waals surface area contributed by atoms with Crippen LogP contribution in [-0.4, -0.2) is 32.5 Å². The second kappa shape index (κ2) is 6.20. The summed E-state index contributed by atoms with van der Waals surface area (Å²) in [5.74, 6) is -0.0165. The number of likely N-dealkylation sites (tertiary alicyclic amines) is 1. The quantitative estimate of drug-likeness (QED) is 0.790. The first-order valence-electron chi connectivity index (χ1n) is 8.05. The highest BCUT2D eigenvalue weighted by Gasteiger charge is 2.31. The zero-order chi connectivity index (χ0) is 16.5. The minimum Gasteiger partial charge on any atom is -0.330 e. The minimum absolute atomic E-state index is 0.0165. The van der Waals surface area contributed by atoms with Gasteiger partial charge in [0.25, 0.3) is 5.91 Å². The molecular weight excluding hydrogens is 320 g/mol. The highest BCUT2D eigenvalue weighted by atomic mass is 32.1. The smallest absolute Gasteiger partial charge is 0.274 e. The number of aryl methyl sites for hydroxylation is 1. The molecule has 0 aromatic carbocycles. The molecule has 3 aromatic heterocycles. The maximum absolute atomic E-state index is 12.9. The molecule has 3 aromatic rings. The Morgan fingerprint density at radius 3 is 3.04 bits per heavy atom. The highest BCUT2D eigenvalue weighted by molar-refractivity contribution is 7.15. The van der Waals surface area contributed by atoms with E-state index in [0.717, 1.165) is 35.5 Å². The van der Waals surface area contributed by atoms with Crippen LogP contribution in [0.1, 0.15) is 39.8 Å². The van der Waals surface area contributed by atoms with E-state index in [0.29, 0.717) is 5.69 Å². The number of H-pyrrole nitrogens is 1. The summed E-state index contributed by atoms with van der Waals surface area (Å²) in [6.45, 7) is 2.83. The molecule has 0 unspecified atom stereocenters. The molecule has 0 spiro atoms. The van der Waals surface area contributed by atoms with Crippen LogP contribution in [0, 0.1) is 6.92 Å². The van der Waals surface area contributed by atoms with Crippen molar-refractivity contribution in [1.82, 2.24) is 20.1 Å². The fraction of sp³-hybridized carbons (Fsp3) is 0.278. The number of aromatic nitrogens is 3. The molecule has 1 atom stereocenters. The Morgan fingerprint density at radius 2 is 2.29 bits per heavy atom. The number of nitrogens with one attached hydrogen (secondary N) is 1. The summed E-state index contributed by atoms with van der Waals surface area (Å²) in [6.07, 6.45) is 5.58. The molecule has 1 aliphatic heterocycles. The van der Waals surface area contributed by atoms with Gasteiger partial charge >= 0.3 is 0 Å². The molecule has 0 radical (unpaired) electrons. The van der Waals surface area contributed by atoms with Crippen LogP contribution < -0.4 is 0 Å². The lowest BCUT2D eigenvalue weighted by Crippen LogP contribution is -2.30. The lowest BCUT2D eigenvalue weighted by Gasteiger charge is -2.23. The largest absolute Gasteiger partial charge is 0.330 e. The standard InChI is InChI=1S/C18H18N4OS/c1-12-6-7-17(24-12)14-10-15(21-20-14)18(23)22-9-3-5-16(22)13-4-2-8-19-11-13/h2,4,6-8,10-11,16H,3,5,9H2,1H3,(H,20,21)/t16-/m0/s1. The van der Waals surface area contributed by atoms with E-state index in [9.17, 15) is 4.79 Å². The number of thiophene rings is 1. The summed E-state index contributed by atoms with van der Waals surface area (Å²) in [7, 11) is 0. The average Bonchev–Trinajstić information content (AvgIpc) is 3.35. The van der Waals surface area contributed by atoms with Crippen LogP contribution in [0.15, 0.2) is 42.7 Å². The summed E-state index contributed by atoms with van der Waals surface area (Å²) >= 11 is 1.69. The first kappa shape index (κ1) is 15.1. The Bertz CT molecular complexity index is 855. The van der Waals surface area contributed by atoms with E-state index in [4.69, 9.17) is 0 Å². The normalized spacial score (nSPS) is 17.4. The molecule has 1 fully saturated rings. The van der Waals surface area contributed by atoms with Crippen molar-refractivity contribution in [1.29, 1.82) is 0 Å². The van der Waals surface area contributed by atoms with E-state index < -0.39 is 0 Å². The third-order valence-corrected chi connectivity index (χ3v) is 5.42. The van der Waals surface area contributed by atoms with Crippen LogP contribution in [-0.2, 0) is 0 Å². The maximum Gasteiger partial charge on any atom is 0.274 e. The van der Waals surface area contributed by atoms with Gasteiger partial charge < -0.3 is 4.90 Å². The molecule has 1 N–H and O–H groups in total. The molecule has 0 bridgehead atoms. The highest BCUT2D eigenvalue weighted by Crippen LogP contribution is 2.33. The third-order valence-electron chi connectivity index (χ3n) is 4.39. The third kappa shape index (κ3) is 2.73. The SMILES string of the molecule is Cc1ccc(-c2cc(C(=O)N3CCC[C@H]3c3cccnc3)n[nH]2)s1. The van der Waals surface area contributed by atoms with Gasteiger partial charge in [0.2, 0.25) is 0 Å². The van der Waals surface area contributed by atoms with Crippen LogP contribution in [0.4, 0.5) is 0 Å². The fourth-order valence-electron chi connectivity index (χ4n) is 3.21. The van der Waals surface area contributed by atoms with Crippen LogP contribution in [0.2, 0.25) is 0 Å². The number of amides is 1. The molecule has 4 heterocycles. The molecule has 0 aliphatic carbocycles. The van der Waals surface area contributed by atoms with Crippen molar-refractivity contribution in [2.24, 2.45) is 0 Å². The average molecular weight is 338 g/mol. The van der Waals surface area contributed by atoms with Crippen LogP contribution in [0.3, 0.4) is 0 Å². The van der Waals surface area contributed by atoms with Gasteiger partial charge in [0.1, 0.15) is 0 Å². The first-order chi connectivity index (χ1) is 11.7. The number of aromatic amines is 1. The first-order valence-corrected chi connectivity index (χ1v) is 8.87. The number of rotatable bonds is 3. The summed E-state index contributed by atoms with van der Waals surface area (Å²) in [6, 6.07) is 10.0. The maximum atomic E-state index is 12.9. The Hall–Kier alpha value is -2.47. The van der Waals surface area contributed by atoms with Gasteiger partial charge in [-0.1, -0.05) is 6.07 Å². The van der Waals surface area contributed by atoms with Crippen molar-refractivity contribution in [2.75, 3.05) is 6.54 Å². The van der Waals surface area contributed by atoms with Gasteiger partial charge in [-0.05, 0) is 49.6 Å². The van der Waals surface area contributed by atoms with Gasteiger partial charge in [0.05, 0.1) is 16.6 Å². The van der Waals surface area contributed by atoms with Crippen molar-refractivity contribution < 1.29 is 4.79 Å². The fourth-order valence-corrected chi connectivity index (χ4v) is 4.05. The minimum atomic E-state index is -0.0165. The van der Waals surface area contributed by atoms with Crippen molar-refractivity contribution in [3.8, 4) is 10.6 Å². The van der Waals surface area contributed by atoms with Gasteiger partial charge in [-0.3, -0.25) is 14.9 Å². The van der Waals surface area contributed by atoms with Crippen molar-refractivity contribution >= 4 is 17.2 Å². The lowest BCUT2D eigenvalue weighted by atomic mass is 10.1. The number of carbonyl (C=O) groups is 1. The number of pyridine rings is 1. The Morgan fingerprint density at radius 1 is 1.38 bits per heavy atom. The zero-order valence-corrected chi connectivity index (χ0v) is 14.2. The number of nitrogens with zero attached hydrogens (tertiary/aromatic N) is 3. The number of hydrogen-bond acceptors (Lipinski definition) is 4. The van der Waals surface area contributed by atoms with E-state index in [2.05, 4.69) is 34.2 Å². The van der Waals surface area contributed by atoms with Gasteiger partial charge in [0.15, 0.2) is 5.69 Å². The second-order valence-electron chi connectivity index (χ2n) is 6.02. The summed E-state index contributed by atoms with van der Waals surface area (Å²) in [4.78, 5) is 21.3. The molecule has 1 saturated heterocycles. The Labute approximate surface area is 144 Å². The van der Waals surface area contributed by atoms with Crippen LogP contribution in [0.25, 0.3) is 10.6 Å². The molecule has 24 heavy (non-hydrogen) atoms. The Kier molecular flexibility index (Phi) is 3.90. The monoisotopic (exact) mass is 338 g/mol. The predicted molar refractivity (Wildman–Crippen MR) is 93.9 cm³/mol. The molecule has 5 nitrogen and oxygen atoms in total. The molecule has 1 aliphatic rings. The zero-order valence-electron chi connectivity index (χ0n) is 13.4. The predicted octanol–water partition coefficient (Wildman–Crippen LogP) is 3.82. The van der Waals surface area contributed by atoms with Crippen molar-refractivity contribution in [3.63, 3.8) is 0 Å². The summed E-state index contributed by atoms with van der Waals surface area (Å²) < 4.78 is 0. The van der Waals surface area contributed by atoms with Crippen LogP contribution in [0.5, 0.6) is 0 Å². The molecule has 1 amide bonds. The number of hydrogen-bond donors (Lipinski definition) is 1. The molecule has 6 heteroatoms. The van der Waals surface area contributed by atoms with Gasteiger partial charge in [0, 0.05) is 23.8 Å². The summed E-state index contributed by atoms with van der Waals surface area (Å²) in [5.41, 5.74) is 2.47. The molecule has 4 rings (SSSR count). The van der Waals surface area contributed by atoms with Crippen LogP contribution >= 0.6 is 11.3 Å². The van der Waals surface area contributed by atoms with E-state index in [1.165, 1.54) is 4.88 Å². The van der Waals surface area contributed by atoms with Gasteiger partial charge in [-0.2, -0.15) is 5.10 Å². The topological polar surface area (TPSA) is 61.9 Å². The lowest BCUT2D eigenvalue weighted by molar-refractivity contribution is 0.0729.